The molecule has 0 aromatic carbocycles. The maximum atomic E-state index is 11.9. The first-order valence-electron chi connectivity index (χ1n) is 6.37. The first-order chi connectivity index (χ1) is 10.0. The van der Waals surface area contributed by atoms with Crippen molar-refractivity contribution in [1.29, 1.82) is 0 Å². The second-order valence-corrected chi connectivity index (χ2v) is 5.47. The van der Waals surface area contributed by atoms with Crippen LogP contribution in [0.5, 0.6) is 0 Å². The third-order valence-corrected chi connectivity index (χ3v) is 3.91. The number of thiazole rings is 1. The van der Waals surface area contributed by atoms with E-state index in [1.807, 2.05) is 0 Å². The van der Waals surface area contributed by atoms with Crippen molar-refractivity contribution in [2.75, 3.05) is 11.9 Å². The van der Waals surface area contributed by atoms with Crippen LogP contribution in [0.15, 0.2) is 12.7 Å². The number of anilines is 1. The third-order valence-electron chi connectivity index (χ3n) is 2.86. The molecule has 2 heterocycles. The summed E-state index contributed by atoms with van der Waals surface area (Å²) in [6, 6.07) is -0.544. The lowest BCUT2D eigenvalue weighted by Gasteiger charge is -2.08. The van der Waals surface area contributed by atoms with Crippen molar-refractivity contribution in [3.63, 3.8) is 0 Å². The van der Waals surface area contributed by atoms with Crippen molar-refractivity contribution in [3.05, 3.63) is 23.2 Å². The SMILES string of the molecule is C=CCOC(=O)c1sc(NC(=O)C2CCC(=O)N2)nc1C. The van der Waals surface area contributed by atoms with Crippen molar-refractivity contribution >= 4 is 34.3 Å². The van der Waals surface area contributed by atoms with Crippen LogP contribution in [0.1, 0.15) is 28.2 Å². The van der Waals surface area contributed by atoms with E-state index >= 15 is 0 Å². The number of hydrogen-bond acceptors (Lipinski definition) is 6. The Hall–Kier alpha value is -2.22. The first-order valence-corrected chi connectivity index (χ1v) is 7.18. The van der Waals surface area contributed by atoms with Crippen LogP contribution in [-0.2, 0) is 14.3 Å². The zero-order valence-corrected chi connectivity index (χ0v) is 12.3. The summed E-state index contributed by atoms with van der Waals surface area (Å²) in [7, 11) is 0. The first kappa shape index (κ1) is 15.2. The smallest absolute Gasteiger partial charge is 0.350 e. The van der Waals surface area contributed by atoms with E-state index in [0.29, 0.717) is 28.5 Å². The van der Waals surface area contributed by atoms with Gasteiger partial charge in [0.1, 0.15) is 17.5 Å². The lowest BCUT2D eigenvalue weighted by Crippen LogP contribution is -2.37. The Balaban J connectivity index is 2.01. The molecule has 0 saturated carbocycles. The number of ether oxygens (including phenoxy) is 1. The summed E-state index contributed by atoms with van der Waals surface area (Å²) in [5.74, 6) is -0.973. The van der Waals surface area contributed by atoms with Gasteiger partial charge in [0, 0.05) is 6.42 Å². The summed E-state index contributed by atoms with van der Waals surface area (Å²) in [5.41, 5.74) is 0.486. The molecule has 21 heavy (non-hydrogen) atoms. The van der Waals surface area contributed by atoms with Gasteiger partial charge in [0.25, 0.3) is 0 Å². The van der Waals surface area contributed by atoms with E-state index in [1.165, 1.54) is 6.08 Å². The number of aromatic nitrogens is 1. The Morgan fingerprint density at radius 3 is 3.00 bits per heavy atom. The van der Waals surface area contributed by atoms with Crippen LogP contribution in [0.4, 0.5) is 5.13 Å². The molecule has 1 aliphatic heterocycles. The molecule has 2 N–H and O–H groups in total. The fraction of sp³-hybridized carbons (Fsp3) is 0.385. The minimum Gasteiger partial charge on any atom is -0.457 e. The zero-order valence-electron chi connectivity index (χ0n) is 11.5. The van der Waals surface area contributed by atoms with Crippen LogP contribution >= 0.6 is 11.3 Å². The predicted molar refractivity (Wildman–Crippen MR) is 77.1 cm³/mol. The van der Waals surface area contributed by atoms with Gasteiger partial charge in [0.2, 0.25) is 11.8 Å². The average molecular weight is 309 g/mol. The Bertz CT molecular complexity index is 596. The normalized spacial score (nSPS) is 17.2. The van der Waals surface area contributed by atoms with Crippen molar-refractivity contribution in [3.8, 4) is 0 Å². The minimum absolute atomic E-state index is 0.117. The highest BCUT2D eigenvalue weighted by Gasteiger charge is 2.28. The number of aryl methyl sites for hydroxylation is 1. The van der Waals surface area contributed by atoms with E-state index in [2.05, 4.69) is 22.2 Å². The van der Waals surface area contributed by atoms with E-state index in [0.717, 1.165) is 11.3 Å². The second-order valence-electron chi connectivity index (χ2n) is 4.47. The number of carbonyl (C=O) groups excluding carboxylic acids is 3. The van der Waals surface area contributed by atoms with Gasteiger partial charge in [-0.3, -0.25) is 9.59 Å². The van der Waals surface area contributed by atoms with Crippen LogP contribution in [-0.4, -0.2) is 35.4 Å². The predicted octanol–water partition coefficient (Wildman–Crippen LogP) is 1.01. The van der Waals surface area contributed by atoms with Crippen LogP contribution in [0, 0.1) is 6.92 Å². The number of carbonyl (C=O) groups is 3. The molecule has 1 fully saturated rings. The average Bonchev–Trinajstić information content (AvgIpc) is 3.02. The van der Waals surface area contributed by atoms with Gasteiger partial charge in [0.05, 0.1) is 5.69 Å². The Kier molecular flexibility index (Phi) is 4.69. The van der Waals surface area contributed by atoms with Crippen molar-refractivity contribution in [2.24, 2.45) is 0 Å². The highest BCUT2D eigenvalue weighted by atomic mass is 32.1. The lowest BCUT2D eigenvalue weighted by molar-refractivity contribution is -0.122. The van der Waals surface area contributed by atoms with Crippen molar-refractivity contribution in [1.82, 2.24) is 10.3 Å². The molecule has 1 aromatic rings. The Morgan fingerprint density at radius 2 is 2.38 bits per heavy atom. The molecule has 7 nitrogen and oxygen atoms in total. The monoisotopic (exact) mass is 309 g/mol. The number of nitrogens with one attached hydrogen (secondary N) is 2. The van der Waals surface area contributed by atoms with Gasteiger partial charge in [-0.2, -0.15) is 0 Å². The van der Waals surface area contributed by atoms with Gasteiger partial charge < -0.3 is 15.4 Å². The molecule has 0 bridgehead atoms. The van der Waals surface area contributed by atoms with E-state index in [4.69, 9.17) is 4.74 Å². The molecular weight excluding hydrogens is 294 g/mol. The van der Waals surface area contributed by atoms with Crippen LogP contribution < -0.4 is 10.6 Å². The summed E-state index contributed by atoms with van der Waals surface area (Å²) in [6.45, 7) is 5.24. The van der Waals surface area contributed by atoms with Gasteiger partial charge in [0.15, 0.2) is 5.13 Å². The molecule has 1 saturated heterocycles. The topological polar surface area (TPSA) is 97.4 Å². The maximum Gasteiger partial charge on any atom is 0.350 e. The van der Waals surface area contributed by atoms with Crippen molar-refractivity contribution < 1.29 is 19.1 Å². The number of esters is 1. The van der Waals surface area contributed by atoms with Gasteiger partial charge in [-0.1, -0.05) is 24.0 Å². The molecule has 0 radical (unpaired) electrons. The number of amides is 2. The molecule has 0 aliphatic carbocycles. The fourth-order valence-electron chi connectivity index (χ4n) is 1.84. The number of nitrogens with zero attached hydrogens (tertiary/aromatic N) is 1. The number of rotatable bonds is 5. The van der Waals surface area contributed by atoms with Gasteiger partial charge in [-0.15, -0.1) is 0 Å². The second kappa shape index (κ2) is 6.49. The molecule has 1 aromatic heterocycles. The van der Waals surface area contributed by atoms with Gasteiger partial charge in [-0.05, 0) is 13.3 Å². The summed E-state index contributed by atoms with van der Waals surface area (Å²) in [4.78, 5) is 39.2. The standard InChI is InChI=1S/C13H15N3O4S/c1-3-6-20-12(19)10-7(2)14-13(21-10)16-11(18)8-4-5-9(17)15-8/h3,8H,1,4-6H2,2H3,(H,15,17)(H,14,16,18). The van der Waals surface area contributed by atoms with E-state index in [-0.39, 0.29) is 18.4 Å². The van der Waals surface area contributed by atoms with Gasteiger partial charge in [-0.25, -0.2) is 9.78 Å². The quantitative estimate of drug-likeness (QED) is 0.625. The molecule has 2 rings (SSSR count). The molecule has 1 unspecified atom stereocenters. The van der Waals surface area contributed by atoms with Crippen molar-refractivity contribution in [2.45, 2.75) is 25.8 Å². The Labute approximate surface area is 125 Å². The summed E-state index contributed by atoms with van der Waals surface area (Å²) >= 11 is 1.04. The van der Waals surface area contributed by atoms with E-state index in [9.17, 15) is 14.4 Å². The minimum atomic E-state index is -0.544. The molecule has 8 heteroatoms. The van der Waals surface area contributed by atoms with E-state index in [1.54, 1.807) is 6.92 Å². The summed E-state index contributed by atoms with van der Waals surface area (Å²) in [5, 5.41) is 5.48. The van der Waals surface area contributed by atoms with Crippen LogP contribution in [0.25, 0.3) is 0 Å². The largest absolute Gasteiger partial charge is 0.457 e. The van der Waals surface area contributed by atoms with Crippen LogP contribution in [0.3, 0.4) is 0 Å². The van der Waals surface area contributed by atoms with Crippen LogP contribution in [0.2, 0.25) is 0 Å². The molecule has 0 spiro atoms. The van der Waals surface area contributed by atoms with Gasteiger partial charge >= 0.3 is 5.97 Å². The highest BCUT2D eigenvalue weighted by molar-refractivity contribution is 7.17. The summed E-state index contributed by atoms with van der Waals surface area (Å²) in [6.07, 6.45) is 2.27. The third kappa shape index (κ3) is 3.66. The Morgan fingerprint density at radius 1 is 1.62 bits per heavy atom. The molecule has 1 aliphatic rings. The molecule has 2 amide bonds. The summed E-state index contributed by atoms with van der Waals surface area (Å²) < 4.78 is 4.93. The highest BCUT2D eigenvalue weighted by Crippen LogP contribution is 2.24. The lowest BCUT2D eigenvalue weighted by atomic mass is 10.2. The maximum absolute atomic E-state index is 11.9. The zero-order chi connectivity index (χ0) is 15.4. The molecule has 112 valence electrons. The van der Waals surface area contributed by atoms with E-state index < -0.39 is 12.0 Å². The molecular formula is C13H15N3O4S. The fourth-order valence-corrected chi connectivity index (χ4v) is 2.71. The number of hydrogen-bond donors (Lipinski definition) is 2. The molecule has 1 atom stereocenters.